The van der Waals surface area contributed by atoms with Crippen molar-refractivity contribution >= 4 is 40.8 Å². The Balaban J connectivity index is 1.34. The summed E-state index contributed by atoms with van der Waals surface area (Å²) in [6.07, 6.45) is 2.30. The van der Waals surface area contributed by atoms with Gasteiger partial charge in [-0.1, -0.05) is 35.9 Å². The van der Waals surface area contributed by atoms with Gasteiger partial charge in [0.2, 0.25) is 23.6 Å². The Labute approximate surface area is 252 Å². The van der Waals surface area contributed by atoms with Gasteiger partial charge in [0.1, 0.15) is 0 Å². The smallest absolute Gasteiger partial charge is 0.241 e. The van der Waals surface area contributed by atoms with E-state index in [-0.39, 0.29) is 24.5 Å². The van der Waals surface area contributed by atoms with Crippen molar-refractivity contribution in [2.75, 3.05) is 9.80 Å². The van der Waals surface area contributed by atoms with Gasteiger partial charge in [-0.3, -0.25) is 28.9 Å². The predicted molar refractivity (Wildman–Crippen MR) is 158 cm³/mol. The molecule has 2 aliphatic carbocycles. The van der Waals surface area contributed by atoms with Crippen molar-refractivity contribution in [3.8, 4) is 5.75 Å². The van der Waals surface area contributed by atoms with Crippen LogP contribution in [0.2, 0.25) is 0 Å². The summed E-state index contributed by atoms with van der Waals surface area (Å²) in [4.78, 5) is 70.4. The number of halogens is 1. The number of phenolic OH excluding ortho intramolecular Hbond substituents is 1. The van der Waals surface area contributed by atoms with Gasteiger partial charge in [-0.15, -0.1) is 0 Å². The molecule has 4 amide bonds. The number of Topliss-reactive ketones (excluding diaryl/α,β-unsaturated/α-hetero) is 1. The monoisotopic (exact) mass is 592 g/mol. The molecule has 7 rings (SSSR count). The number of nitrogens with zero attached hydrogens (tertiary/aromatic N) is 2. The number of allylic oxidation sites excluding steroid dienone is 2. The lowest BCUT2D eigenvalue weighted by Gasteiger charge is -2.49. The fourth-order valence-corrected chi connectivity index (χ4v) is 8.02. The Morgan fingerprint density at radius 2 is 1.55 bits per heavy atom. The Morgan fingerprint density at radius 1 is 0.864 bits per heavy atom. The average molecular weight is 593 g/mol. The molecule has 2 aliphatic heterocycles. The fourth-order valence-electron chi connectivity index (χ4n) is 8.02. The molecule has 8 nitrogen and oxygen atoms in total. The number of amides is 4. The topological polar surface area (TPSA) is 112 Å². The lowest BCUT2D eigenvalue weighted by molar-refractivity contribution is -0.131. The Morgan fingerprint density at radius 3 is 2.20 bits per heavy atom. The van der Waals surface area contributed by atoms with Crippen LogP contribution in [-0.2, 0) is 19.2 Å². The molecule has 222 valence electrons. The second-order valence-corrected chi connectivity index (χ2v) is 12.3. The van der Waals surface area contributed by atoms with Crippen molar-refractivity contribution in [1.82, 2.24) is 0 Å². The number of imide groups is 2. The van der Waals surface area contributed by atoms with Crippen molar-refractivity contribution in [3.05, 3.63) is 101 Å². The van der Waals surface area contributed by atoms with Gasteiger partial charge in [-0.05, 0) is 86.7 Å². The van der Waals surface area contributed by atoms with Gasteiger partial charge in [-0.25, -0.2) is 9.29 Å². The Hall–Kier alpha value is -4.92. The van der Waals surface area contributed by atoms with Gasteiger partial charge >= 0.3 is 0 Å². The zero-order valence-corrected chi connectivity index (χ0v) is 24.1. The van der Waals surface area contributed by atoms with Crippen LogP contribution in [0.5, 0.6) is 5.75 Å². The van der Waals surface area contributed by atoms with Crippen LogP contribution in [0.15, 0.2) is 84.4 Å². The first kappa shape index (κ1) is 27.9. The number of para-hydroxylation sites is 1. The standard InChI is InChI=1S/C35H29FN2O6/c1-18(39)19-8-11-22(12-9-19)37-31(41)24-14-13-23-25(29(24)33(37)43)17-26-32(42)38(21-6-4-3-5-7-21)34(44)35(26,2)30(23)20-10-15-28(40)27(36)16-20/h3-13,15-16,24-26,29-30,40H,14,17H2,1-2H3/t24-,25+,26-,29-,30-,35+/m0/s1. The van der Waals surface area contributed by atoms with Crippen LogP contribution in [0.1, 0.15) is 48.5 Å². The third-order valence-electron chi connectivity index (χ3n) is 10.1. The minimum atomic E-state index is -1.31. The summed E-state index contributed by atoms with van der Waals surface area (Å²) in [5, 5.41) is 9.96. The summed E-state index contributed by atoms with van der Waals surface area (Å²) >= 11 is 0. The van der Waals surface area contributed by atoms with Gasteiger partial charge in [0, 0.05) is 11.5 Å². The molecule has 0 spiro atoms. The van der Waals surface area contributed by atoms with Crippen molar-refractivity contribution < 1.29 is 33.5 Å². The van der Waals surface area contributed by atoms with E-state index < -0.39 is 64.3 Å². The van der Waals surface area contributed by atoms with E-state index >= 15 is 0 Å². The number of hydrogen-bond donors (Lipinski definition) is 1. The molecular weight excluding hydrogens is 563 g/mol. The van der Waals surface area contributed by atoms with E-state index in [0.29, 0.717) is 22.5 Å². The molecular formula is C35H29FN2O6. The van der Waals surface area contributed by atoms with E-state index in [9.17, 15) is 33.5 Å². The second kappa shape index (κ2) is 9.80. The van der Waals surface area contributed by atoms with Gasteiger partial charge in [0.15, 0.2) is 17.3 Å². The van der Waals surface area contributed by atoms with Crippen molar-refractivity contribution in [3.63, 3.8) is 0 Å². The summed E-state index contributed by atoms with van der Waals surface area (Å²) in [5.74, 6) is -6.73. The summed E-state index contributed by atoms with van der Waals surface area (Å²) in [6.45, 7) is 3.16. The molecule has 3 fully saturated rings. The first-order chi connectivity index (χ1) is 21.0. The molecule has 44 heavy (non-hydrogen) atoms. The number of phenols is 1. The van der Waals surface area contributed by atoms with Crippen LogP contribution in [0.25, 0.3) is 0 Å². The third-order valence-corrected chi connectivity index (χ3v) is 10.1. The molecule has 9 heteroatoms. The normalized spacial score (nSPS) is 29.3. The fraction of sp³-hybridized carbons (Fsp3) is 0.286. The van der Waals surface area contributed by atoms with Crippen LogP contribution in [0.3, 0.4) is 0 Å². The summed E-state index contributed by atoms with van der Waals surface area (Å²) in [5.41, 5.74) is 1.07. The molecule has 2 heterocycles. The summed E-state index contributed by atoms with van der Waals surface area (Å²) < 4.78 is 14.8. The molecule has 4 aliphatic rings. The maximum atomic E-state index is 14.8. The SMILES string of the molecule is CC(=O)c1ccc(N2C(=O)[C@H]3[C@H](CC=C4[C@H]3C[C@H]3C(=O)N(c5ccccc5)C(=O)[C@@]3(C)[C@H]4c3ccc(O)c(F)c3)C2=O)cc1. The zero-order chi connectivity index (χ0) is 31.1. The average Bonchev–Trinajstić information content (AvgIpc) is 3.38. The quantitative estimate of drug-likeness (QED) is 0.254. The molecule has 6 atom stereocenters. The predicted octanol–water partition coefficient (Wildman–Crippen LogP) is 5.17. The zero-order valence-electron chi connectivity index (χ0n) is 24.1. The minimum absolute atomic E-state index is 0.138. The van der Waals surface area contributed by atoms with E-state index in [1.165, 1.54) is 24.0 Å². The van der Waals surface area contributed by atoms with Gasteiger partial charge in [0.05, 0.1) is 34.5 Å². The van der Waals surface area contributed by atoms with Crippen molar-refractivity contribution in [2.45, 2.75) is 32.6 Å². The number of rotatable bonds is 4. The molecule has 1 N–H and O–H groups in total. The molecule has 3 aromatic rings. The highest BCUT2D eigenvalue weighted by molar-refractivity contribution is 6.25. The van der Waals surface area contributed by atoms with Crippen LogP contribution in [0.4, 0.5) is 15.8 Å². The van der Waals surface area contributed by atoms with E-state index in [4.69, 9.17) is 0 Å². The lowest BCUT2D eigenvalue weighted by Crippen LogP contribution is -2.48. The molecule has 0 bridgehead atoms. The number of hydrogen-bond acceptors (Lipinski definition) is 6. The first-order valence-electron chi connectivity index (χ1n) is 14.6. The summed E-state index contributed by atoms with van der Waals surface area (Å²) in [6, 6.07) is 18.9. The highest BCUT2D eigenvalue weighted by Gasteiger charge is 2.67. The second-order valence-electron chi connectivity index (χ2n) is 12.3. The van der Waals surface area contributed by atoms with Gasteiger partial charge in [0.25, 0.3) is 0 Å². The molecule has 3 aromatic carbocycles. The maximum absolute atomic E-state index is 14.8. The maximum Gasteiger partial charge on any atom is 0.241 e. The number of fused-ring (bicyclic) bond motifs is 4. The van der Waals surface area contributed by atoms with Gasteiger partial charge < -0.3 is 5.11 Å². The van der Waals surface area contributed by atoms with E-state index in [0.717, 1.165) is 10.5 Å². The molecule has 0 aromatic heterocycles. The highest BCUT2D eigenvalue weighted by Crippen LogP contribution is 2.63. The van der Waals surface area contributed by atoms with Crippen molar-refractivity contribution in [2.24, 2.45) is 29.1 Å². The molecule has 1 saturated carbocycles. The van der Waals surface area contributed by atoms with Crippen molar-refractivity contribution in [1.29, 1.82) is 0 Å². The number of benzene rings is 3. The van der Waals surface area contributed by atoms with Crippen LogP contribution in [-0.4, -0.2) is 34.5 Å². The Bertz CT molecular complexity index is 1800. The Kier molecular flexibility index (Phi) is 6.21. The van der Waals surface area contributed by atoms with E-state index in [2.05, 4.69) is 0 Å². The molecule has 2 saturated heterocycles. The minimum Gasteiger partial charge on any atom is -0.505 e. The van der Waals surface area contributed by atoms with Gasteiger partial charge in [-0.2, -0.15) is 0 Å². The largest absolute Gasteiger partial charge is 0.505 e. The number of carbonyl (C=O) groups excluding carboxylic acids is 5. The van der Waals surface area contributed by atoms with E-state index in [1.807, 2.05) is 6.08 Å². The number of ketones is 1. The van der Waals surface area contributed by atoms with Crippen LogP contribution < -0.4 is 9.80 Å². The lowest BCUT2D eigenvalue weighted by atomic mass is 9.51. The van der Waals surface area contributed by atoms with E-state index in [1.54, 1.807) is 67.6 Å². The summed E-state index contributed by atoms with van der Waals surface area (Å²) in [7, 11) is 0. The van der Waals surface area contributed by atoms with Crippen LogP contribution >= 0.6 is 0 Å². The number of carbonyl (C=O) groups is 5. The highest BCUT2D eigenvalue weighted by atomic mass is 19.1. The first-order valence-corrected chi connectivity index (χ1v) is 14.6. The molecule has 0 radical (unpaired) electrons. The number of aromatic hydroxyl groups is 1. The van der Waals surface area contributed by atoms with Crippen LogP contribution in [0, 0.1) is 34.9 Å². The third kappa shape index (κ3) is 3.77. The number of anilines is 2. The molecule has 0 unspecified atom stereocenters.